The lowest BCUT2D eigenvalue weighted by atomic mass is 9.94. The van der Waals surface area contributed by atoms with Gasteiger partial charge in [-0.15, -0.1) is 0 Å². The van der Waals surface area contributed by atoms with E-state index >= 15 is 0 Å². The topological polar surface area (TPSA) is 56.1 Å². The van der Waals surface area contributed by atoms with Crippen molar-refractivity contribution in [2.45, 2.75) is 39.8 Å². The van der Waals surface area contributed by atoms with Crippen molar-refractivity contribution in [3.05, 3.63) is 59.7 Å². The third-order valence-electron chi connectivity index (χ3n) is 5.17. The van der Waals surface area contributed by atoms with Crippen LogP contribution in [-0.2, 0) is 17.9 Å². The molecular weight excluding hydrogens is 334 g/mol. The summed E-state index contributed by atoms with van der Waals surface area (Å²) in [6, 6.07) is 18.8. The fraction of sp³-hybridized carbons (Fsp3) is 0.391. The van der Waals surface area contributed by atoms with Gasteiger partial charge in [0, 0.05) is 13.1 Å². The quantitative estimate of drug-likeness (QED) is 0.842. The first-order valence-electron chi connectivity index (χ1n) is 9.59. The van der Waals surface area contributed by atoms with Gasteiger partial charge in [0.25, 0.3) is 0 Å². The number of amides is 1. The first-order chi connectivity index (χ1) is 13.0. The molecule has 0 aliphatic carbocycles. The molecule has 0 atom stereocenters. The lowest BCUT2D eigenvalue weighted by Gasteiger charge is -2.17. The molecule has 0 bridgehead atoms. The van der Waals surface area contributed by atoms with Gasteiger partial charge in [-0.1, -0.05) is 48.5 Å². The second kappa shape index (κ2) is 8.37. The molecule has 0 spiro atoms. The van der Waals surface area contributed by atoms with Gasteiger partial charge in [0.05, 0.1) is 6.07 Å². The summed E-state index contributed by atoms with van der Waals surface area (Å²) in [7, 11) is 0. The molecule has 0 aromatic heterocycles. The van der Waals surface area contributed by atoms with Gasteiger partial charge in [0.2, 0.25) is 5.91 Å². The molecule has 27 heavy (non-hydrogen) atoms. The molecule has 3 rings (SSSR count). The summed E-state index contributed by atoms with van der Waals surface area (Å²) in [5.74, 6) is -0.249. The maximum atomic E-state index is 12.2. The number of nitrogens with one attached hydrogen (secondary N) is 1. The Morgan fingerprint density at radius 2 is 1.78 bits per heavy atom. The minimum absolute atomic E-state index is 0.249. The summed E-state index contributed by atoms with van der Waals surface area (Å²) in [5.41, 5.74) is 3.62. The lowest BCUT2D eigenvalue weighted by molar-refractivity contribution is -0.126. The zero-order valence-corrected chi connectivity index (χ0v) is 16.2. The van der Waals surface area contributed by atoms with Gasteiger partial charge in [-0.2, -0.15) is 5.26 Å². The van der Waals surface area contributed by atoms with E-state index < -0.39 is 5.41 Å². The van der Waals surface area contributed by atoms with Gasteiger partial charge in [-0.25, -0.2) is 0 Å². The third-order valence-corrected chi connectivity index (χ3v) is 5.17. The number of nitrogens with zero attached hydrogens (tertiary/aromatic N) is 2. The molecule has 1 amide bonds. The number of hydrogen-bond acceptors (Lipinski definition) is 3. The summed E-state index contributed by atoms with van der Waals surface area (Å²) in [6.45, 7) is 7.09. The number of likely N-dealkylation sites (tertiary alicyclic amines) is 1. The number of nitriles is 1. The zero-order chi connectivity index (χ0) is 19.3. The maximum absolute atomic E-state index is 12.2. The Bertz CT molecular complexity index is 827. The van der Waals surface area contributed by atoms with Crippen molar-refractivity contribution in [1.29, 1.82) is 5.26 Å². The molecule has 1 fully saturated rings. The Morgan fingerprint density at radius 3 is 2.44 bits per heavy atom. The average Bonchev–Trinajstić information content (AvgIpc) is 3.20. The Morgan fingerprint density at radius 1 is 1.11 bits per heavy atom. The van der Waals surface area contributed by atoms with Crippen LogP contribution in [0.4, 0.5) is 0 Å². The monoisotopic (exact) mass is 361 g/mol. The highest BCUT2D eigenvalue weighted by Crippen LogP contribution is 2.25. The number of benzene rings is 2. The van der Waals surface area contributed by atoms with Crippen LogP contribution in [0.2, 0.25) is 0 Å². The summed E-state index contributed by atoms with van der Waals surface area (Å²) < 4.78 is 0. The van der Waals surface area contributed by atoms with Crippen molar-refractivity contribution in [3.8, 4) is 17.2 Å². The van der Waals surface area contributed by atoms with Crippen molar-refractivity contribution in [2.24, 2.45) is 5.41 Å². The van der Waals surface area contributed by atoms with Crippen molar-refractivity contribution in [3.63, 3.8) is 0 Å². The molecule has 2 aromatic rings. The normalized spacial score (nSPS) is 14.7. The lowest BCUT2D eigenvalue weighted by Crippen LogP contribution is -2.35. The first-order valence-corrected chi connectivity index (χ1v) is 9.59. The smallest absolute Gasteiger partial charge is 0.240 e. The molecule has 2 aromatic carbocycles. The second-order valence-electron chi connectivity index (χ2n) is 7.76. The predicted molar refractivity (Wildman–Crippen MR) is 108 cm³/mol. The second-order valence-corrected chi connectivity index (χ2v) is 7.76. The van der Waals surface area contributed by atoms with E-state index in [1.807, 2.05) is 24.3 Å². The fourth-order valence-corrected chi connectivity index (χ4v) is 3.39. The van der Waals surface area contributed by atoms with E-state index in [0.717, 1.165) is 23.2 Å². The van der Waals surface area contributed by atoms with Gasteiger partial charge in [0.15, 0.2) is 0 Å². The summed E-state index contributed by atoms with van der Waals surface area (Å²) >= 11 is 0. The van der Waals surface area contributed by atoms with Crippen LogP contribution in [0.5, 0.6) is 0 Å². The molecule has 1 heterocycles. The van der Waals surface area contributed by atoms with Crippen LogP contribution in [0.1, 0.15) is 37.8 Å². The molecule has 1 aliphatic heterocycles. The minimum Gasteiger partial charge on any atom is -0.351 e. The molecule has 140 valence electrons. The van der Waals surface area contributed by atoms with E-state index in [1.165, 1.54) is 31.5 Å². The zero-order valence-electron chi connectivity index (χ0n) is 16.2. The van der Waals surface area contributed by atoms with E-state index in [0.29, 0.717) is 6.54 Å². The third kappa shape index (κ3) is 4.75. The molecule has 4 nitrogen and oxygen atoms in total. The molecule has 0 unspecified atom stereocenters. The SMILES string of the molecule is CC(C)(C#N)C(=O)NCc1ccccc1-c1ccc(CN2CCCC2)cc1. The molecule has 1 aliphatic rings. The Kier molecular flexibility index (Phi) is 5.93. The summed E-state index contributed by atoms with van der Waals surface area (Å²) in [6.07, 6.45) is 2.61. The van der Waals surface area contributed by atoms with E-state index in [2.05, 4.69) is 40.5 Å². The maximum Gasteiger partial charge on any atom is 0.240 e. The largest absolute Gasteiger partial charge is 0.351 e. The van der Waals surface area contributed by atoms with Gasteiger partial charge in [-0.3, -0.25) is 9.69 Å². The van der Waals surface area contributed by atoms with Crippen molar-refractivity contribution in [2.75, 3.05) is 13.1 Å². The summed E-state index contributed by atoms with van der Waals surface area (Å²) in [4.78, 5) is 14.7. The molecule has 1 N–H and O–H groups in total. The van der Waals surface area contributed by atoms with Crippen LogP contribution in [0.3, 0.4) is 0 Å². The van der Waals surface area contributed by atoms with E-state index in [9.17, 15) is 4.79 Å². The Labute approximate surface area is 161 Å². The van der Waals surface area contributed by atoms with E-state index in [-0.39, 0.29) is 5.91 Å². The van der Waals surface area contributed by atoms with Crippen LogP contribution in [-0.4, -0.2) is 23.9 Å². The standard InChI is InChI=1S/C23H27N3O/c1-23(2,17-24)22(27)25-15-20-7-3-4-8-21(20)19-11-9-18(10-12-19)16-26-13-5-6-14-26/h3-4,7-12H,5-6,13-16H2,1-2H3,(H,25,27). The Balaban J connectivity index is 1.71. The van der Waals surface area contributed by atoms with Crippen LogP contribution in [0.15, 0.2) is 48.5 Å². The average molecular weight is 361 g/mol. The first kappa shape index (κ1) is 19.1. The van der Waals surface area contributed by atoms with Crippen molar-refractivity contribution < 1.29 is 4.79 Å². The van der Waals surface area contributed by atoms with Crippen LogP contribution >= 0.6 is 0 Å². The van der Waals surface area contributed by atoms with Crippen LogP contribution in [0, 0.1) is 16.7 Å². The molecular formula is C23H27N3O. The molecule has 0 radical (unpaired) electrons. The number of hydrogen-bond donors (Lipinski definition) is 1. The van der Waals surface area contributed by atoms with Gasteiger partial charge in [0.1, 0.15) is 5.41 Å². The van der Waals surface area contributed by atoms with Gasteiger partial charge in [-0.05, 0) is 62.0 Å². The summed E-state index contributed by atoms with van der Waals surface area (Å²) in [5, 5.41) is 12.0. The van der Waals surface area contributed by atoms with E-state index in [4.69, 9.17) is 5.26 Å². The Hall–Kier alpha value is -2.64. The molecule has 1 saturated heterocycles. The van der Waals surface area contributed by atoms with Crippen LogP contribution in [0.25, 0.3) is 11.1 Å². The van der Waals surface area contributed by atoms with Gasteiger partial charge < -0.3 is 5.32 Å². The van der Waals surface area contributed by atoms with Gasteiger partial charge >= 0.3 is 0 Å². The predicted octanol–water partition coefficient (Wildman–Crippen LogP) is 4.12. The van der Waals surface area contributed by atoms with Crippen molar-refractivity contribution >= 4 is 5.91 Å². The van der Waals surface area contributed by atoms with Crippen molar-refractivity contribution in [1.82, 2.24) is 10.2 Å². The number of carbonyl (C=O) groups excluding carboxylic acids is 1. The molecule has 4 heteroatoms. The van der Waals surface area contributed by atoms with E-state index in [1.54, 1.807) is 13.8 Å². The fourth-order valence-electron chi connectivity index (χ4n) is 3.39. The number of carbonyl (C=O) groups is 1. The van der Waals surface area contributed by atoms with Crippen LogP contribution < -0.4 is 5.32 Å². The highest BCUT2D eigenvalue weighted by molar-refractivity contribution is 5.84. The number of rotatable bonds is 6. The highest BCUT2D eigenvalue weighted by Gasteiger charge is 2.26. The molecule has 0 saturated carbocycles. The highest BCUT2D eigenvalue weighted by atomic mass is 16.2. The minimum atomic E-state index is -1.02.